The number of esters is 1. The highest BCUT2D eigenvalue weighted by Crippen LogP contribution is 2.42. The molecule has 1 aliphatic rings. The van der Waals surface area contributed by atoms with E-state index in [9.17, 15) is 14.7 Å². The van der Waals surface area contributed by atoms with Crippen LogP contribution in [0.4, 0.5) is 0 Å². The fourth-order valence-electron chi connectivity index (χ4n) is 2.56. The molecule has 0 spiro atoms. The van der Waals surface area contributed by atoms with Gasteiger partial charge in [0.05, 0.1) is 6.61 Å². The van der Waals surface area contributed by atoms with Crippen LogP contribution in [0.25, 0.3) is 0 Å². The molecule has 0 aromatic rings. The maximum Gasteiger partial charge on any atom is 0.320 e. The SMILES string of the molecule is CCOC(=O)C(C(=O)O)C1(C)CCCCC1. The summed E-state index contributed by atoms with van der Waals surface area (Å²) in [5, 5.41) is 9.19. The molecule has 0 aromatic carbocycles. The molecule has 1 N–H and O–H groups in total. The summed E-state index contributed by atoms with van der Waals surface area (Å²) in [7, 11) is 0. The fourth-order valence-corrected chi connectivity index (χ4v) is 2.56. The maximum absolute atomic E-state index is 11.7. The lowest BCUT2D eigenvalue weighted by molar-refractivity contribution is -0.166. The fraction of sp³-hybridized carbons (Fsp3) is 0.833. The van der Waals surface area contributed by atoms with Crippen LogP contribution in [0.15, 0.2) is 0 Å². The van der Waals surface area contributed by atoms with Crippen molar-refractivity contribution in [3.8, 4) is 0 Å². The van der Waals surface area contributed by atoms with Crippen molar-refractivity contribution < 1.29 is 19.4 Å². The summed E-state index contributed by atoms with van der Waals surface area (Å²) in [6.07, 6.45) is 4.72. The van der Waals surface area contributed by atoms with E-state index in [0.717, 1.165) is 32.1 Å². The van der Waals surface area contributed by atoms with Gasteiger partial charge in [0.2, 0.25) is 0 Å². The predicted octanol–water partition coefficient (Wildman–Crippen LogP) is 2.22. The summed E-state index contributed by atoms with van der Waals surface area (Å²) in [5.41, 5.74) is -0.434. The Morgan fingerprint density at radius 3 is 2.31 bits per heavy atom. The Morgan fingerprint density at radius 1 is 1.31 bits per heavy atom. The Hall–Kier alpha value is -1.06. The third-order valence-corrected chi connectivity index (χ3v) is 3.46. The molecular formula is C12H20O4. The molecular weight excluding hydrogens is 208 g/mol. The molecule has 4 nitrogen and oxygen atoms in total. The summed E-state index contributed by atoms with van der Waals surface area (Å²) in [4.78, 5) is 22.9. The van der Waals surface area contributed by atoms with E-state index in [4.69, 9.17) is 4.74 Å². The molecule has 1 atom stereocenters. The lowest BCUT2D eigenvalue weighted by atomic mass is 9.67. The Morgan fingerprint density at radius 2 is 1.88 bits per heavy atom. The second-order valence-corrected chi connectivity index (χ2v) is 4.74. The van der Waals surface area contributed by atoms with Gasteiger partial charge in [0.25, 0.3) is 0 Å². The van der Waals surface area contributed by atoms with Crippen LogP contribution in [0.3, 0.4) is 0 Å². The minimum Gasteiger partial charge on any atom is -0.481 e. The second-order valence-electron chi connectivity index (χ2n) is 4.74. The minimum absolute atomic E-state index is 0.235. The van der Waals surface area contributed by atoms with Crippen molar-refractivity contribution in [3.05, 3.63) is 0 Å². The number of hydrogen-bond acceptors (Lipinski definition) is 3. The maximum atomic E-state index is 11.7. The first-order chi connectivity index (χ1) is 7.51. The number of carboxylic acids is 1. The van der Waals surface area contributed by atoms with Gasteiger partial charge in [-0.3, -0.25) is 9.59 Å². The van der Waals surface area contributed by atoms with Gasteiger partial charge in [-0.1, -0.05) is 26.2 Å². The number of carbonyl (C=O) groups excluding carboxylic acids is 1. The van der Waals surface area contributed by atoms with Gasteiger partial charge in [0, 0.05) is 0 Å². The van der Waals surface area contributed by atoms with Gasteiger partial charge >= 0.3 is 11.9 Å². The van der Waals surface area contributed by atoms with Crippen LogP contribution in [0.1, 0.15) is 46.0 Å². The van der Waals surface area contributed by atoms with Crippen molar-refractivity contribution in [3.63, 3.8) is 0 Å². The van der Waals surface area contributed by atoms with Crippen molar-refractivity contribution in [1.29, 1.82) is 0 Å². The van der Waals surface area contributed by atoms with Crippen LogP contribution in [-0.4, -0.2) is 23.7 Å². The largest absolute Gasteiger partial charge is 0.481 e. The van der Waals surface area contributed by atoms with E-state index in [0.29, 0.717) is 0 Å². The molecule has 1 saturated carbocycles. The zero-order valence-electron chi connectivity index (χ0n) is 9.99. The van der Waals surface area contributed by atoms with Crippen LogP contribution >= 0.6 is 0 Å². The summed E-state index contributed by atoms with van der Waals surface area (Å²) in [6.45, 7) is 3.82. The van der Waals surface area contributed by atoms with Crippen molar-refractivity contribution in [1.82, 2.24) is 0 Å². The monoisotopic (exact) mass is 228 g/mol. The first kappa shape index (κ1) is 13.0. The highest BCUT2D eigenvalue weighted by molar-refractivity contribution is 5.94. The predicted molar refractivity (Wildman–Crippen MR) is 59.0 cm³/mol. The van der Waals surface area contributed by atoms with Gasteiger partial charge in [-0.25, -0.2) is 0 Å². The lowest BCUT2D eigenvalue weighted by Gasteiger charge is -2.37. The van der Waals surface area contributed by atoms with E-state index >= 15 is 0 Å². The smallest absolute Gasteiger partial charge is 0.320 e. The number of carbonyl (C=O) groups is 2. The molecule has 1 fully saturated rings. The van der Waals surface area contributed by atoms with Crippen LogP contribution in [-0.2, 0) is 14.3 Å². The van der Waals surface area contributed by atoms with Crippen molar-refractivity contribution in [2.24, 2.45) is 11.3 Å². The Labute approximate surface area is 96.0 Å². The van der Waals surface area contributed by atoms with Gasteiger partial charge in [-0.2, -0.15) is 0 Å². The molecule has 4 heteroatoms. The molecule has 16 heavy (non-hydrogen) atoms. The Balaban J connectivity index is 2.83. The third-order valence-electron chi connectivity index (χ3n) is 3.46. The molecule has 0 heterocycles. The molecule has 0 bridgehead atoms. The Kier molecular flexibility index (Phi) is 4.33. The number of ether oxygens (including phenoxy) is 1. The van der Waals surface area contributed by atoms with E-state index in [-0.39, 0.29) is 6.61 Å². The first-order valence-electron chi connectivity index (χ1n) is 5.90. The quantitative estimate of drug-likeness (QED) is 0.592. The van der Waals surface area contributed by atoms with Gasteiger partial charge in [0.1, 0.15) is 0 Å². The van der Waals surface area contributed by atoms with E-state index in [1.807, 2.05) is 6.92 Å². The molecule has 0 radical (unpaired) electrons. The summed E-state index contributed by atoms with van der Waals surface area (Å²) in [6, 6.07) is 0. The summed E-state index contributed by atoms with van der Waals surface area (Å²) < 4.78 is 4.86. The van der Waals surface area contributed by atoms with Crippen molar-refractivity contribution in [2.45, 2.75) is 46.0 Å². The molecule has 0 aromatic heterocycles. The van der Waals surface area contributed by atoms with E-state index in [2.05, 4.69) is 0 Å². The van der Waals surface area contributed by atoms with Crippen LogP contribution in [0.5, 0.6) is 0 Å². The molecule has 1 rings (SSSR count). The molecule has 92 valence electrons. The lowest BCUT2D eigenvalue weighted by Crippen LogP contribution is -2.41. The van der Waals surface area contributed by atoms with E-state index in [1.165, 1.54) is 0 Å². The third kappa shape index (κ3) is 2.74. The van der Waals surface area contributed by atoms with Crippen molar-refractivity contribution in [2.75, 3.05) is 6.61 Å². The standard InChI is InChI=1S/C12H20O4/c1-3-16-11(15)9(10(13)14)12(2)7-5-4-6-8-12/h9H,3-8H2,1-2H3,(H,13,14). The molecule has 1 aliphatic carbocycles. The van der Waals surface area contributed by atoms with Gasteiger partial charge in [-0.05, 0) is 25.2 Å². The minimum atomic E-state index is -1.05. The van der Waals surface area contributed by atoms with E-state index in [1.54, 1.807) is 6.92 Å². The average Bonchev–Trinajstić information content (AvgIpc) is 2.17. The normalized spacial score (nSPS) is 21.1. The average molecular weight is 228 g/mol. The zero-order chi connectivity index (χ0) is 12.2. The van der Waals surface area contributed by atoms with Crippen LogP contribution in [0.2, 0.25) is 0 Å². The molecule has 1 unspecified atom stereocenters. The molecule has 0 amide bonds. The molecule has 0 aliphatic heterocycles. The summed E-state index contributed by atoms with van der Waals surface area (Å²) in [5.74, 6) is -2.64. The number of carboxylic acid groups (broad SMARTS) is 1. The zero-order valence-corrected chi connectivity index (χ0v) is 9.99. The summed E-state index contributed by atoms with van der Waals surface area (Å²) >= 11 is 0. The Bertz CT molecular complexity index is 266. The number of aliphatic carboxylic acids is 1. The molecule has 0 saturated heterocycles. The topological polar surface area (TPSA) is 63.6 Å². The first-order valence-corrected chi connectivity index (χ1v) is 5.90. The van der Waals surface area contributed by atoms with Gasteiger partial charge < -0.3 is 9.84 Å². The highest BCUT2D eigenvalue weighted by atomic mass is 16.5. The van der Waals surface area contributed by atoms with Crippen molar-refractivity contribution >= 4 is 11.9 Å². The van der Waals surface area contributed by atoms with Gasteiger partial charge in [0.15, 0.2) is 5.92 Å². The van der Waals surface area contributed by atoms with Gasteiger partial charge in [-0.15, -0.1) is 0 Å². The number of rotatable bonds is 4. The van der Waals surface area contributed by atoms with Crippen LogP contribution < -0.4 is 0 Å². The van der Waals surface area contributed by atoms with Crippen LogP contribution in [0, 0.1) is 11.3 Å². The number of hydrogen-bond donors (Lipinski definition) is 1. The second kappa shape index (κ2) is 5.32. The van der Waals surface area contributed by atoms with E-state index < -0.39 is 23.3 Å². The highest BCUT2D eigenvalue weighted by Gasteiger charge is 2.45.